The number of nitrogens with zero attached hydrogens (tertiary/aromatic N) is 1. The minimum Gasteiger partial charge on any atom is -0.326 e. The number of nitrogens with one attached hydrogen (secondary N) is 1. The third-order valence-corrected chi connectivity index (χ3v) is 3.90. The number of hydrogen-bond acceptors (Lipinski definition) is 3. The SMILES string of the molecule is O=C(Cc1cccc([N+](=O)[O-])c1)Nc1ccc(Cl)c(Br)c1. The molecular formula is C14H10BrClN2O3. The Morgan fingerprint density at radius 3 is 2.71 bits per heavy atom. The summed E-state index contributed by atoms with van der Waals surface area (Å²) in [5, 5.41) is 13.9. The summed E-state index contributed by atoms with van der Waals surface area (Å²) < 4.78 is 0.678. The first-order valence-electron chi connectivity index (χ1n) is 5.94. The number of non-ortho nitro benzene ring substituents is 1. The highest BCUT2D eigenvalue weighted by Crippen LogP contribution is 2.25. The molecule has 0 unspecified atom stereocenters. The Bertz CT molecular complexity index is 706. The molecule has 0 saturated carbocycles. The molecule has 2 aromatic rings. The molecule has 2 aromatic carbocycles. The van der Waals surface area contributed by atoms with Crippen molar-refractivity contribution in [1.82, 2.24) is 0 Å². The van der Waals surface area contributed by atoms with Crippen molar-refractivity contribution in [3.63, 3.8) is 0 Å². The lowest BCUT2D eigenvalue weighted by atomic mass is 10.1. The number of amides is 1. The van der Waals surface area contributed by atoms with Gasteiger partial charge in [-0.05, 0) is 39.7 Å². The fourth-order valence-corrected chi connectivity index (χ4v) is 2.24. The summed E-state index contributed by atoms with van der Waals surface area (Å²) in [6, 6.07) is 11.0. The summed E-state index contributed by atoms with van der Waals surface area (Å²) in [7, 11) is 0. The second-order valence-electron chi connectivity index (χ2n) is 4.28. The maximum atomic E-state index is 11.9. The molecule has 2 rings (SSSR count). The van der Waals surface area contributed by atoms with Gasteiger partial charge in [-0.2, -0.15) is 0 Å². The summed E-state index contributed by atoms with van der Waals surface area (Å²) in [6.45, 7) is 0. The van der Waals surface area contributed by atoms with Crippen LogP contribution in [-0.4, -0.2) is 10.8 Å². The van der Waals surface area contributed by atoms with E-state index in [0.717, 1.165) is 0 Å². The predicted molar refractivity (Wildman–Crippen MR) is 84.6 cm³/mol. The molecule has 0 spiro atoms. The van der Waals surface area contributed by atoms with Gasteiger partial charge in [0.05, 0.1) is 16.4 Å². The first kappa shape index (κ1) is 15.5. The number of rotatable bonds is 4. The highest BCUT2D eigenvalue weighted by Gasteiger charge is 2.09. The molecule has 0 fully saturated rings. The van der Waals surface area contributed by atoms with Crippen LogP contribution in [0.15, 0.2) is 46.9 Å². The molecule has 1 amide bonds. The zero-order chi connectivity index (χ0) is 15.4. The second-order valence-corrected chi connectivity index (χ2v) is 5.54. The molecular weight excluding hydrogens is 360 g/mol. The van der Waals surface area contributed by atoms with Gasteiger partial charge in [-0.25, -0.2) is 0 Å². The third kappa shape index (κ3) is 4.27. The lowest BCUT2D eigenvalue weighted by Crippen LogP contribution is -2.14. The van der Waals surface area contributed by atoms with Crippen LogP contribution in [0.2, 0.25) is 5.02 Å². The molecule has 21 heavy (non-hydrogen) atoms. The van der Waals surface area contributed by atoms with E-state index in [0.29, 0.717) is 20.7 Å². The van der Waals surface area contributed by atoms with E-state index in [1.807, 2.05) is 0 Å². The Morgan fingerprint density at radius 1 is 1.29 bits per heavy atom. The molecule has 0 aliphatic heterocycles. The normalized spacial score (nSPS) is 10.2. The van der Waals surface area contributed by atoms with Gasteiger partial charge in [-0.3, -0.25) is 14.9 Å². The van der Waals surface area contributed by atoms with Crippen LogP contribution >= 0.6 is 27.5 Å². The van der Waals surface area contributed by atoms with Gasteiger partial charge in [0, 0.05) is 22.3 Å². The Labute approximate surface area is 134 Å². The Kier molecular flexibility index (Phi) is 4.93. The van der Waals surface area contributed by atoms with Gasteiger partial charge in [-0.15, -0.1) is 0 Å². The predicted octanol–water partition coefficient (Wildman–Crippen LogP) is 4.19. The van der Waals surface area contributed by atoms with Crippen LogP contribution in [0, 0.1) is 10.1 Å². The van der Waals surface area contributed by atoms with Crippen molar-refractivity contribution in [3.05, 3.63) is 67.6 Å². The largest absolute Gasteiger partial charge is 0.326 e. The average molecular weight is 370 g/mol. The molecule has 0 aliphatic carbocycles. The Morgan fingerprint density at radius 2 is 2.05 bits per heavy atom. The molecule has 0 heterocycles. The van der Waals surface area contributed by atoms with Crippen LogP contribution in [0.4, 0.5) is 11.4 Å². The number of carbonyl (C=O) groups excluding carboxylic acids is 1. The quantitative estimate of drug-likeness (QED) is 0.648. The number of nitro benzene ring substituents is 1. The van der Waals surface area contributed by atoms with Crippen molar-refractivity contribution in [2.45, 2.75) is 6.42 Å². The van der Waals surface area contributed by atoms with E-state index in [2.05, 4.69) is 21.2 Å². The number of carbonyl (C=O) groups is 1. The van der Waals surface area contributed by atoms with E-state index in [9.17, 15) is 14.9 Å². The molecule has 5 nitrogen and oxygen atoms in total. The lowest BCUT2D eigenvalue weighted by Gasteiger charge is -2.06. The maximum Gasteiger partial charge on any atom is 0.269 e. The van der Waals surface area contributed by atoms with Crippen molar-refractivity contribution in [2.24, 2.45) is 0 Å². The summed E-state index contributed by atoms with van der Waals surface area (Å²) in [5.74, 6) is -0.260. The topological polar surface area (TPSA) is 72.2 Å². The number of benzene rings is 2. The first-order chi connectivity index (χ1) is 9.95. The van der Waals surface area contributed by atoms with Gasteiger partial charge in [0.1, 0.15) is 0 Å². The number of halogens is 2. The zero-order valence-electron chi connectivity index (χ0n) is 10.7. The highest BCUT2D eigenvalue weighted by atomic mass is 79.9. The van der Waals surface area contributed by atoms with E-state index in [-0.39, 0.29) is 18.0 Å². The molecule has 0 radical (unpaired) electrons. The third-order valence-electron chi connectivity index (χ3n) is 2.69. The number of hydrogen-bond donors (Lipinski definition) is 1. The lowest BCUT2D eigenvalue weighted by molar-refractivity contribution is -0.384. The molecule has 0 bridgehead atoms. The fourth-order valence-electron chi connectivity index (χ4n) is 1.74. The van der Waals surface area contributed by atoms with Crippen molar-refractivity contribution < 1.29 is 9.72 Å². The van der Waals surface area contributed by atoms with E-state index < -0.39 is 4.92 Å². The van der Waals surface area contributed by atoms with Crippen LogP contribution in [0.5, 0.6) is 0 Å². The Hall–Kier alpha value is -1.92. The molecule has 7 heteroatoms. The molecule has 0 saturated heterocycles. The highest BCUT2D eigenvalue weighted by molar-refractivity contribution is 9.10. The maximum absolute atomic E-state index is 11.9. The number of anilines is 1. The van der Waals surface area contributed by atoms with Crippen LogP contribution in [0.1, 0.15) is 5.56 Å². The van der Waals surface area contributed by atoms with Gasteiger partial charge < -0.3 is 5.32 Å². The zero-order valence-corrected chi connectivity index (χ0v) is 13.0. The smallest absolute Gasteiger partial charge is 0.269 e. The van der Waals surface area contributed by atoms with Crippen molar-refractivity contribution >= 4 is 44.8 Å². The molecule has 0 aromatic heterocycles. The summed E-state index contributed by atoms with van der Waals surface area (Å²) >= 11 is 9.14. The standard InChI is InChI=1S/C14H10BrClN2O3/c15-12-8-10(4-5-13(12)16)17-14(19)7-9-2-1-3-11(6-9)18(20)21/h1-6,8H,7H2,(H,17,19). The van der Waals surface area contributed by atoms with Crippen LogP contribution in [0.25, 0.3) is 0 Å². The monoisotopic (exact) mass is 368 g/mol. The summed E-state index contributed by atoms with van der Waals surface area (Å²) in [5.41, 5.74) is 1.14. The van der Waals surface area contributed by atoms with Gasteiger partial charge in [0.2, 0.25) is 5.91 Å². The first-order valence-corrected chi connectivity index (χ1v) is 7.11. The average Bonchev–Trinajstić information content (AvgIpc) is 2.43. The van der Waals surface area contributed by atoms with E-state index in [1.54, 1.807) is 30.3 Å². The van der Waals surface area contributed by atoms with Crippen molar-refractivity contribution in [1.29, 1.82) is 0 Å². The number of nitro groups is 1. The van der Waals surface area contributed by atoms with E-state index >= 15 is 0 Å². The molecule has 0 aliphatic rings. The molecule has 0 atom stereocenters. The second kappa shape index (κ2) is 6.69. The van der Waals surface area contributed by atoms with Gasteiger partial charge >= 0.3 is 0 Å². The summed E-state index contributed by atoms with van der Waals surface area (Å²) in [4.78, 5) is 22.1. The minimum absolute atomic E-state index is 0.0328. The minimum atomic E-state index is -0.488. The Balaban J connectivity index is 2.06. The molecule has 108 valence electrons. The van der Waals surface area contributed by atoms with Crippen molar-refractivity contribution in [3.8, 4) is 0 Å². The van der Waals surface area contributed by atoms with Gasteiger partial charge in [-0.1, -0.05) is 23.7 Å². The summed E-state index contributed by atoms with van der Waals surface area (Å²) in [6.07, 6.45) is 0.0575. The van der Waals surface area contributed by atoms with Crippen molar-refractivity contribution in [2.75, 3.05) is 5.32 Å². The van der Waals surface area contributed by atoms with Crippen LogP contribution in [0.3, 0.4) is 0 Å². The van der Waals surface area contributed by atoms with E-state index in [1.165, 1.54) is 12.1 Å². The molecule has 1 N–H and O–H groups in total. The van der Waals surface area contributed by atoms with Gasteiger partial charge in [0.25, 0.3) is 5.69 Å². The van der Waals surface area contributed by atoms with Crippen LogP contribution < -0.4 is 5.32 Å². The fraction of sp³-hybridized carbons (Fsp3) is 0.0714. The van der Waals surface area contributed by atoms with Gasteiger partial charge in [0.15, 0.2) is 0 Å². The van der Waals surface area contributed by atoms with Crippen LogP contribution in [-0.2, 0) is 11.2 Å². The van der Waals surface area contributed by atoms with E-state index in [4.69, 9.17) is 11.6 Å².